The monoisotopic (exact) mass is 815 g/mol. The van der Waals surface area contributed by atoms with Crippen LogP contribution in [-0.2, 0) is 33.8 Å². The van der Waals surface area contributed by atoms with E-state index in [1.807, 2.05) is 114 Å². The number of hydrogen-bond donors (Lipinski definition) is 5. The van der Waals surface area contributed by atoms with Gasteiger partial charge in [-0.2, -0.15) is 0 Å². The lowest BCUT2D eigenvalue weighted by molar-refractivity contribution is -0.133. The van der Waals surface area contributed by atoms with Crippen LogP contribution in [0.5, 0.6) is 0 Å². The van der Waals surface area contributed by atoms with Gasteiger partial charge in [0.2, 0.25) is 5.91 Å². The van der Waals surface area contributed by atoms with E-state index in [0.29, 0.717) is 19.4 Å². The first-order valence-electron chi connectivity index (χ1n) is 20.8. The van der Waals surface area contributed by atoms with Gasteiger partial charge in [-0.3, -0.25) is 20.0 Å². The highest BCUT2D eigenvalue weighted by atomic mass is 16.5. The number of carbonyl (C=O) groups excluding carboxylic acids is 4. The molecule has 4 rings (SSSR count). The van der Waals surface area contributed by atoms with E-state index in [2.05, 4.69) is 45.1 Å². The van der Waals surface area contributed by atoms with Gasteiger partial charge >= 0.3 is 12.1 Å². The number of pyridine rings is 1. The van der Waals surface area contributed by atoms with Crippen LogP contribution < -0.4 is 26.3 Å². The van der Waals surface area contributed by atoms with E-state index in [-0.39, 0.29) is 37.5 Å². The molecule has 322 valence electrons. The highest BCUT2D eigenvalue weighted by Gasteiger charge is 2.43. The smallest absolute Gasteiger partial charge is 0.407 e. The molecule has 14 heteroatoms. The number of anilines is 1. The molecule has 5 N–H and O–H groups in total. The fraction of sp³-hybridized carbons (Fsp3) is 0.533. The Labute approximate surface area is 350 Å². The third-order valence-corrected chi connectivity index (χ3v) is 11.2. The number of amides is 5. The van der Waals surface area contributed by atoms with Gasteiger partial charge in [-0.05, 0) is 73.9 Å². The SMILES string of the molecule is CCC(C)C(C(=O)NC(Cc1ccccc1)C(O)CN(Cc1ccc(N(CC)CC)cc1)NC(=O)C(NC(=O)OC)C(C)(C)C)C1CNC(=O)N1Cc1cccc(C)n1. The molecule has 0 saturated carbocycles. The summed E-state index contributed by atoms with van der Waals surface area (Å²) >= 11 is 0. The highest BCUT2D eigenvalue weighted by molar-refractivity contribution is 5.86. The van der Waals surface area contributed by atoms with Gasteiger partial charge in [-0.25, -0.2) is 14.6 Å². The molecule has 2 aromatic carbocycles. The molecule has 14 nitrogen and oxygen atoms in total. The van der Waals surface area contributed by atoms with Crippen molar-refractivity contribution < 1.29 is 29.0 Å². The molecule has 0 spiro atoms. The molecule has 1 aromatic heterocycles. The third kappa shape index (κ3) is 13.1. The van der Waals surface area contributed by atoms with E-state index in [4.69, 9.17) is 4.74 Å². The van der Waals surface area contributed by atoms with Crippen molar-refractivity contribution in [2.24, 2.45) is 17.3 Å². The molecular weight excluding hydrogens is 749 g/mol. The van der Waals surface area contributed by atoms with E-state index < -0.39 is 47.6 Å². The minimum absolute atomic E-state index is 0.0704. The molecule has 0 radical (unpaired) electrons. The zero-order chi connectivity index (χ0) is 43.3. The summed E-state index contributed by atoms with van der Waals surface area (Å²) < 4.78 is 4.84. The van der Waals surface area contributed by atoms with Crippen LogP contribution in [0, 0.1) is 24.2 Å². The van der Waals surface area contributed by atoms with Crippen molar-refractivity contribution in [2.45, 2.75) is 106 Å². The molecule has 59 heavy (non-hydrogen) atoms. The van der Waals surface area contributed by atoms with E-state index >= 15 is 0 Å². The molecule has 5 amide bonds. The predicted octanol–water partition coefficient (Wildman–Crippen LogP) is 5.18. The van der Waals surface area contributed by atoms with Crippen LogP contribution in [0.3, 0.4) is 0 Å². The Bertz CT molecular complexity index is 1820. The number of rotatable bonds is 20. The fourth-order valence-electron chi connectivity index (χ4n) is 7.62. The number of nitrogens with zero attached hydrogens (tertiary/aromatic N) is 4. The average Bonchev–Trinajstić information content (AvgIpc) is 3.55. The van der Waals surface area contributed by atoms with E-state index in [9.17, 15) is 24.3 Å². The van der Waals surface area contributed by atoms with Crippen LogP contribution in [0.15, 0.2) is 72.8 Å². The number of ether oxygens (including phenoxy) is 1. The molecule has 6 unspecified atom stereocenters. The van der Waals surface area contributed by atoms with Gasteiger partial charge in [0, 0.05) is 44.1 Å². The first kappa shape index (κ1) is 46.5. The van der Waals surface area contributed by atoms with Crippen LogP contribution >= 0.6 is 0 Å². The quantitative estimate of drug-likeness (QED) is 0.0966. The Morgan fingerprint density at radius 2 is 1.63 bits per heavy atom. The van der Waals surface area contributed by atoms with Crippen LogP contribution in [0.1, 0.15) is 77.4 Å². The summed E-state index contributed by atoms with van der Waals surface area (Å²) in [6, 6.07) is 20.8. The van der Waals surface area contributed by atoms with Gasteiger partial charge in [-0.1, -0.05) is 89.6 Å². The topological polar surface area (TPSA) is 168 Å². The predicted molar refractivity (Wildman–Crippen MR) is 230 cm³/mol. The number of nitrogens with one attached hydrogen (secondary N) is 4. The summed E-state index contributed by atoms with van der Waals surface area (Å²) in [5.41, 5.74) is 6.70. The number of alkyl carbamates (subject to hydrolysis) is 1. The second-order valence-corrected chi connectivity index (χ2v) is 16.6. The van der Waals surface area contributed by atoms with Crippen LogP contribution in [0.4, 0.5) is 15.3 Å². The summed E-state index contributed by atoms with van der Waals surface area (Å²) in [5, 5.41) is 22.7. The molecule has 0 bridgehead atoms. The lowest BCUT2D eigenvalue weighted by Gasteiger charge is -2.36. The molecule has 1 aliphatic rings. The molecular formula is C45H66N8O6. The Balaban J connectivity index is 1.66. The Morgan fingerprint density at radius 3 is 2.22 bits per heavy atom. The number of carbonyl (C=O) groups is 4. The van der Waals surface area contributed by atoms with Gasteiger partial charge < -0.3 is 35.6 Å². The van der Waals surface area contributed by atoms with Crippen molar-refractivity contribution >= 4 is 29.6 Å². The van der Waals surface area contributed by atoms with Gasteiger partial charge in [0.1, 0.15) is 6.04 Å². The number of aliphatic hydroxyl groups excluding tert-OH is 1. The lowest BCUT2D eigenvalue weighted by Crippen LogP contribution is -2.59. The average molecular weight is 815 g/mol. The molecule has 3 aromatic rings. The zero-order valence-electron chi connectivity index (χ0n) is 36.3. The van der Waals surface area contributed by atoms with E-state index in [1.165, 1.54) is 7.11 Å². The first-order valence-corrected chi connectivity index (χ1v) is 20.8. The summed E-state index contributed by atoms with van der Waals surface area (Å²) in [6.45, 7) is 18.0. The Kier molecular flexibility index (Phi) is 17.1. The van der Waals surface area contributed by atoms with Crippen LogP contribution in [0.25, 0.3) is 0 Å². The van der Waals surface area contributed by atoms with Crippen molar-refractivity contribution in [3.63, 3.8) is 0 Å². The molecule has 6 atom stereocenters. The Morgan fingerprint density at radius 1 is 0.949 bits per heavy atom. The van der Waals surface area contributed by atoms with Crippen LogP contribution in [-0.4, -0.2) is 101 Å². The van der Waals surface area contributed by atoms with Gasteiger partial charge in [0.15, 0.2) is 0 Å². The second-order valence-electron chi connectivity index (χ2n) is 16.6. The molecule has 1 fully saturated rings. The maximum absolute atomic E-state index is 14.7. The van der Waals surface area contributed by atoms with Crippen LogP contribution in [0.2, 0.25) is 0 Å². The lowest BCUT2D eigenvalue weighted by atomic mass is 9.83. The second kappa shape index (κ2) is 21.7. The number of urea groups is 1. The first-order chi connectivity index (χ1) is 28.1. The van der Waals surface area contributed by atoms with Crippen molar-refractivity contribution in [2.75, 3.05) is 38.2 Å². The Hall–Kier alpha value is -5.21. The molecule has 1 aliphatic heterocycles. The highest BCUT2D eigenvalue weighted by Crippen LogP contribution is 2.28. The number of hydrogen-bond acceptors (Lipinski definition) is 9. The van der Waals surface area contributed by atoms with Crippen molar-refractivity contribution in [1.29, 1.82) is 0 Å². The standard InChI is InChI=1S/C45H66N8O6/c1-10-30(4)39(37-26-46-43(57)53(37)28-34-20-16-17-31(5)47-34)41(55)48-36(25-32-18-14-13-15-19-32)38(54)29-52(27-33-21-23-35(24-22-33)51(11-2)12-3)50-42(56)40(45(6,7)8)49-44(58)59-9/h13-24,30,36-40,54H,10-12,25-29H2,1-9H3,(H,46,57)(H,48,55)(H,49,58)(H,50,56). The summed E-state index contributed by atoms with van der Waals surface area (Å²) in [7, 11) is 1.24. The molecule has 1 saturated heterocycles. The number of aromatic nitrogens is 1. The van der Waals surface area contributed by atoms with Gasteiger partial charge in [0.25, 0.3) is 5.91 Å². The van der Waals surface area contributed by atoms with Crippen molar-refractivity contribution in [3.05, 3.63) is 95.3 Å². The molecule has 0 aliphatic carbocycles. The number of benzene rings is 2. The zero-order valence-corrected chi connectivity index (χ0v) is 36.3. The largest absolute Gasteiger partial charge is 0.453 e. The maximum atomic E-state index is 14.7. The third-order valence-electron chi connectivity index (χ3n) is 11.2. The number of aliphatic hydroxyl groups is 1. The number of aryl methyl sites for hydroxylation is 1. The summed E-state index contributed by atoms with van der Waals surface area (Å²) in [6.07, 6.45) is -0.932. The normalized spacial score (nSPS) is 16.7. The summed E-state index contributed by atoms with van der Waals surface area (Å²) in [5.74, 6) is -1.48. The fourth-order valence-corrected chi connectivity index (χ4v) is 7.62. The maximum Gasteiger partial charge on any atom is 0.407 e. The minimum atomic E-state index is -1.18. The van der Waals surface area contributed by atoms with Crippen molar-refractivity contribution in [3.8, 4) is 0 Å². The minimum Gasteiger partial charge on any atom is -0.453 e. The number of methoxy groups -OCH3 is 1. The number of hydrazine groups is 1. The van der Waals surface area contributed by atoms with Gasteiger partial charge in [0.05, 0.1) is 43.5 Å². The van der Waals surface area contributed by atoms with E-state index in [1.54, 1.807) is 9.91 Å². The van der Waals surface area contributed by atoms with Crippen molar-refractivity contribution in [1.82, 2.24) is 36.3 Å². The van der Waals surface area contributed by atoms with E-state index in [0.717, 1.165) is 41.3 Å². The van der Waals surface area contributed by atoms with Gasteiger partial charge in [-0.15, -0.1) is 0 Å². The summed E-state index contributed by atoms with van der Waals surface area (Å²) in [4.78, 5) is 62.8. The molecule has 2 heterocycles.